The third-order valence-electron chi connectivity index (χ3n) is 2.77. The first kappa shape index (κ1) is 16.0. The Hall–Kier alpha value is -1.41. The lowest BCUT2D eigenvalue weighted by Gasteiger charge is -2.08. The van der Waals surface area contributed by atoms with Gasteiger partial charge in [-0.2, -0.15) is 0 Å². The number of ether oxygens (including phenoxy) is 1. The predicted molar refractivity (Wildman–Crippen MR) is 84.2 cm³/mol. The highest BCUT2D eigenvalue weighted by Gasteiger charge is 2.13. The van der Waals surface area contributed by atoms with Gasteiger partial charge in [0.2, 0.25) is 10.0 Å². The van der Waals surface area contributed by atoms with Crippen LogP contribution in [0.25, 0.3) is 0 Å². The van der Waals surface area contributed by atoms with Crippen LogP contribution in [0, 0.1) is 0 Å². The van der Waals surface area contributed by atoms with Crippen LogP contribution in [0.1, 0.15) is 4.88 Å². The molecule has 2 rings (SSSR count). The van der Waals surface area contributed by atoms with Crippen molar-refractivity contribution in [1.82, 2.24) is 10.0 Å². The fourth-order valence-corrected chi connectivity index (χ4v) is 3.39. The lowest BCUT2D eigenvalue weighted by atomic mass is 10.3. The molecule has 1 aromatic heterocycles. The second-order valence-electron chi connectivity index (χ2n) is 4.33. The summed E-state index contributed by atoms with van der Waals surface area (Å²) in [5.74, 6) is 0.655. The minimum absolute atomic E-state index is 0.236. The Balaban J connectivity index is 1.96. The molecule has 0 atom stereocenters. The van der Waals surface area contributed by atoms with Crippen molar-refractivity contribution >= 4 is 21.4 Å². The van der Waals surface area contributed by atoms with E-state index in [2.05, 4.69) is 10.0 Å². The number of thiophene rings is 1. The molecular weight excluding hydrogens is 308 g/mol. The Morgan fingerprint density at radius 1 is 1.19 bits per heavy atom. The molecule has 5 nitrogen and oxygen atoms in total. The highest BCUT2D eigenvalue weighted by molar-refractivity contribution is 7.89. The van der Waals surface area contributed by atoms with Crippen molar-refractivity contribution in [2.24, 2.45) is 0 Å². The van der Waals surface area contributed by atoms with Gasteiger partial charge in [0.15, 0.2) is 0 Å². The van der Waals surface area contributed by atoms with Crippen molar-refractivity contribution in [2.75, 3.05) is 20.2 Å². The monoisotopic (exact) mass is 326 g/mol. The smallest absolute Gasteiger partial charge is 0.240 e. The van der Waals surface area contributed by atoms with Gasteiger partial charge >= 0.3 is 0 Å². The summed E-state index contributed by atoms with van der Waals surface area (Å²) in [6, 6.07) is 10.2. The van der Waals surface area contributed by atoms with Gasteiger partial charge in [-0.15, -0.1) is 11.3 Å². The van der Waals surface area contributed by atoms with E-state index in [1.54, 1.807) is 24.3 Å². The summed E-state index contributed by atoms with van der Waals surface area (Å²) in [6.45, 7) is 1.59. The Morgan fingerprint density at radius 2 is 1.95 bits per heavy atom. The maximum atomic E-state index is 12.1. The second-order valence-corrected chi connectivity index (χ2v) is 7.13. The first-order valence-corrected chi connectivity index (χ1v) is 8.87. The minimum Gasteiger partial charge on any atom is -0.492 e. The van der Waals surface area contributed by atoms with Gasteiger partial charge in [-0.1, -0.05) is 6.07 Å². The van der Waals surface area contributed by atoms with Crippen LogP contribution in [-0.4, -0.2) is 28.6 Å². The van der Waals surface area contributed by atoms with Crippen molar-refractivity contribution < 1.29 is 13.2 Å². The Bertz CT molecular complexity index is 637. The molecule has 0 bridgehead atoms. The Kier molecular flexibility index (Phi) is 5.75. The molecule has 0 unspecified atom stereocenters. The maximum absolute atomic E-state index is 12.1. The van der Waals surface area contributed by atoms with Crippen LogP contribution in [0.2, 0.25) is 0 Å². The van der Waals surface area contributed by atoms with Gasteiger partial charge in [-0.3, -0.25) is 0 Å². The van der Waals surface area contributed by atoms with Gasteiger partial charge < -0.3 is 10.1 Å². The number of benzene rings is 1. The van der Waals surface area contributed by atoms with E-state index in [9.17, 15) is 8.42 Å². The number of hydrogen-bond donors (Lipinski definition) is 2. The highest BCUT2D eigenvalue weighted by Crippen LogP contribution is 2.16. The molecule has 7 heteroatoms. The molecule has 0 saturated carbocycles. The number of likely N-dealkylation sites (N-methyl/N-ethyl adjacent to an activating group) is 1. The van der Waals surface area contributed by atoms with E-state index in [-0.39, 0.29) is 4.90 Å². The average Bonchev–Trinajstić information content (AvgIpc) is 3.00. The molecule has 0 saturated heterocycles. The van der Waals surface area contributed by atoms with Crippen molar-refractivity contribution in [2.45, 2.75) is 11.4 Å². The molecule has 0 amide bonds. The van der Waals surface area contributed by atoms with Gasteiger partial charge in [-0.25, -0.2) is 13.1 Å². The third kappa shape index (κ3) is 4.82. The molecule has 2 aromatic rings. The molecule has 0 aliphatic rings. The van der Waals surface area contributed by atoms with Crippen molar-refractivity contribution in [1.29, 1.82) is 0 Å². The molecule has 114 valence electrons. The summed E-state index contributed by atoms with van der Waals surface area (Å²) in [6.07, 6.45) is 0. The lowest BCUT2D eigenvalue weighted by Crippen LogP contribution is -2.22. The summed E-state index contributed by atoms with van der Waals surface area (Å²) >= 11 is 1.52. The molecule has 21 heavy (non-hydrogen) atoms. The Morgan fingerprint density at radius 3 is 2.57 bits per heavy atom. The topological polar surface area (TPSA) is 67.4 Å². The average molecular weight is 326 g/mol. The van der Waals surface area contributed by atoms with Crippen LogP contribution >= 0.6 is 11.3 Å². The first-order chi connectivity index (χ1) is 10.1. The third-order valence-corrected chi connectivity index (χ3v) is 5.06. The summed E-state index contributed by atoms with van der Waals surface area (Å²) < 4.78 is 32.3. The zero-order chi connectivity index (χ0) is 15.1. The van der Waals surface area contributed by atoms with Crippen LogP contribution in [-0.2, 0) is 16.6 Å². The van der Waals surface area contributed by atoms with Crippen LogP contribution in [0.5, 0.6) is 5.75 Å². The SMILES string of the molecule is CNCCOc1ccc(S(=O)(=O)NCc2cccs2)cc1. The fourth-order valence-electron chi connectivity index (χ4n) is 1.65. The minimum atomic E-state index is -3.49. The van der Waals surface area contributed by atoms with E-state index in [1.165, 1.54) is 11.3 Å². The molecule has 1 heterocycles. The molecule has 2 N–H and O–H groups in total. The summed E-state index contributed by atoms with van der Waals surface area (Å²) in [5.41, 5.74) is 0. The van der Waals surface area contributed by atoms with E-state index in [0.717, 1.165) is 11.4 Å². The van der Waals surface area contributed by atoms with E-state index in [1.807, 2.05) is 24.6 Å². The standard InChI is InChI=1S/C14H18N2O3S2/c1-15-8-9-19-12-4-6-14(7-5-12)21(17,18)16-11-13-3-2-10-20-13/h2-7,10,15-16H,8-9,11H2,1H3. The highest BCUT2D eigenvalue weighted by atomic mass is 32.2. The quantitative estimate of drug-likeness (QED) is 0.726. The second kappa shape index (κ2) is 7.56. The first-order valence-electron chi connectivity index (χ1n) is 6.51. The molecule has 0 aliphatic heterocycles. The van der Waals surface area contributed by atoms with Crippen molar-refractivity contribution in [3.05, 3.63) is 46.7 Å². The number of sulfonamides is 1. The van der Waals surface area contributed by atoms with Crippen molar-refractivity contribution in [3.63, 3.8) is 0 Å². The Labute approximate surface area is 129 Å². The van der Waals surface area contributed by atoms with Crippen LogP contribution in [0.3, 0.4) is 0 Å². The molecule has 0 fully saturated rings. The number of rotatable bonds is 8. The summed E-state index contributed by atoms with van der Waals surface area (Å²) in [7, 11) is -1.64. The molecule has 0 spiro atoms. The molecular formula is C14H18N2O3S2. The van der Waals surface area contributed by atoms with Gasteiger partial charge in [0, 0.05) is 18.0 Å². The van der Waals surface area contributed by atoms with Gasteiger partial charge in [0.05, 0.1) is 4.90 Å². The lowest BCUT2D eigenvalue weighted by molar-refractivity contribution is 0.318. The van der Waals surface area contributed by atoms with Gasteiger partial charge in [0.1, 0.15) is 12.4 Å². The molecule has 0 radical (unpaired) electrons. The molecule has 1 aromatic carbocycles. The van der Waals surface area contributed by atoms with E-state index < -0.39 is 10.0 Å². The van der Waals surface area contributed by atoms with E-state index in [0.29, 0.717) is 18.9 Å². The van der Waals surface area contributed by atoms with Crippen LogP contribution < -0.4 is 14.8 Å². The van der Waals surface area contributed by atoms with Crippen LogP contribution in [0.4, 0.5) is 0 Å². The van der Waals surface area contributed by atoms with Gasteiger partial charge in [0.25, 0.3) is 0 Å². The van der Waals surface area contributed by atoms with Crippen LogP contribution in [0.15, 0.2) is 46.7 Å². The fraction of sp³-hybridized carbons (Fsp3) is 0.286. The largest absolute Gasteiger partial charge is 0.492 e. The van der Waals surface area contributed by atoms with Gasteiger partial charge in [-0.05, 0) is 42.8 Å². The van der Waals surface area contributed by atoms with E-state index in [4.69, 9.17) is 4.74 Å². The number of hydrogen-bond acceptors (Lipinski definition) is 5. The van der Waals surface area contributed by atoms with Crippen molar-refractivity contribution in [3.8, 4) is 5.75 Å². The zero-order valence-corrected chi connectivity index (χ0v) is 13.3. The maximum Gasteiger partial charge on any atom is 0.240 e. The molecule has 0 aliphatic carbocycles. The predicted octanol–water partition coefficient (Wildman–Crippen LogP) is 1.82. The zero-order valence-electron chi connectivity index (χ0n) is 11.7. The summed E-state index contributed by atoms with van der Waals surface area (Å²) in [4.78, 5) is 1.21. The normalized spacial score (nSPS) is 11.5. The summed E-state index contributed by atoms with van der Waals surface area (Å²) in [5, 5.41) is 4.89. The van der Waals surface area contributed by atoms with E-state index >= 15 is 0 Å². The number of nitrogens with one attached hydrogen (secondary N) is 2.